The third-order valence-corrected chi connectivity index (χ3v) is 5.78. The Labute approximate surface area is 90.2 Å². The molecule has 0 amide bonds. The van der Waals surface area contributed by atoms with Crippen LogP contribution in [0.2, 0.25) is 0 Å². The van der Waals surface area contributed by atoms with Crippen molar-refractivity contribution in [3.05, 3.63) is 0 Å². The van der Waals surface area contributed by atoms with E-state index in [4.69, 9.17) is 13.9 Å². The standard InChI is InChI=1S/C9H18NO4P/c1-4-12-15(11,13-5-2)9(3)7-6-8-10(9)14-8/h8H,4-7H2,1-3H3. The Balaban J connectivity index is 2.19. The Morgan fingerprint density at radius 3 is 2.40 bits per heavy atom. The van der Waals surface area contributed by atoms with Crippen LogP contribution in [0.25, 0.3) is 0 Å². The molecule has 0 aliphatic carbocycles. The van der Waals surface area contributed by atoms with Gasteiger partial charge >= 0.3 is 7.60 Å². The van der Waals surface area contributed by atoms with E-state index in [1.165, 1.54) is 0 Å². The van der Waals surface area contributed by atoms with Crippen LogP contribution in [-0.2, 0) is 18.5 Å². The van der Waals surface area contributed by atoms with Gasteiger partial charge in [0.1, 0.15) is 5.28 Å². The molecule has 0 bridgehead atoms. The van der Waals surface area contributed by atoms with Gasteiger partial charge in [0.25, 0.3) is 0 Å². The normalized spacial score (nSPS) is 39.1. The van der Waals surface area contributed by atoms with E-state index in [1.807, 2.05) is 20.8 Å². The van der Waals surface area contributed by atoms with E-state index in [0.29, 0.717) is 13.2 Å². The van der Waals surface area contributed by atoms with Crippen LogP contribution < -0.4 is 0 Å². The molecule has 0 saturated carbocycles. The van der Waals surface area contributed by atoms with Crippen LogP contribution >= 0.6 is 7.60 Å². The third kappa shape index (κ3) is 1.67. The Hall–Kier alpha value is 0.0700. The van der Waals surface area contributed by atoms with Crippen LogP contribution in [-0.4, -0.2) is 29.8 Å². The summed E-state index contributed by atoms with van der Waals surface area (Å²) in [5.74, 6) is 0. The van der Waals surface area contributed by atoms with Crippen molar-refractivity contribution in [2.45, 2.75) is 45.1 Å². The van der Waals surface area contributed by atoms with Gasteiger partial charge in [-0.25, -0.2) is 0 Å². The van der Waals surface area contributed by atoms with Crippen LogP contribution in [0.15, 0.2) is 0 Å². The van der Waals surface area contributed by atoms with Gasteiger partial charge in [0.15, 0.2) is 6.23 Å². The highest BCUT2D eigenvalue weighted by Crippen LogP contribution is 2.69. The molecule has 2 aliphatic heterocycles. The molecule has 2 fully saturated rings. The van der Waals surface area contributed by atoms with E-state index in [9.17, 15) is 4.57 Å². The highest BCUT2D eigenvalue weighted by atomic mass is 31.2. The zero-order chi connectivity index (χ0) is 11.1. The third-order valence-electron chi connectivity index (χ3n) is 2.98. The molecule has 88 valence electrons. The monoisotopic (exact) mass is 235 g/mol. The van der Waals surface area contributed by atoms with Crippen molar-refractivity contribution < 1.29 is 18.5 Å². The minimum atomic E-state index is -3.09. The van der Waals surface area contributed by atoms with Crippen molar-refractivity contribution >= 4 is 7.60 Å². The predicted molar refractivity (Wildman–Crippen MR) is 55.2 cm³/mol. The second-order valence-corrected chi connectivity index (χ2v) is 6.45. The largest absolute Gasteiger partial charge is 0.352 e. The molecule has 2 aliphatic rings. The molecule has 0 aromatic rings. The quantitative estimate of drug-likeness (QED) is 0.540. The average Bonchev–Trinajstić information content (AvgIpc) is 2.88. The molecule has 0 spiro atoms. The van der Waals surface area contributed by atoms with Crippen molar-refractivity contribution in [3.63, 3.8) is 0 Å². The SMILES string of the molecule is CCOP(=O)(OCC)C1(C)CCC2ON21. The van der Waals surface area contributed by atoms with Crippen molar-refractivity contribution in [3.8, 4) is 0 Å². The number of nitrogens with zero attached hydrogens (tertiary/aromatic N) is 1. The summed E-state index contributed by atoms with van der Waals surface area (Å²) in [5.41, 5.74) is 0. The Morgan fingerprint density at radius 2 is 2.07 bits per heavy atom. The molecular formula is C9H18NO4P. The molecular weight excluding hydrogens is 217 g/mol. The highest BCUT2D eigenvalue weighted by Gasteiger charge is 2.65. The number of fused-ring (bicyclic) bond motifs is 1. The summed E-state index contributed by atoms with van der Waals surface area (Å²) in [6, 6.07) is 0. The number of hydrogen-bond donors (Lipinski definition) is 0. The van der Waals surface area contributed by atoms with Gasteiger partial charge in [-0.1, -0.05) is 0 Å². The van der Waals surface area contributed by atoms with Crippen molar-refractivity contribution in [2.75, 3.05) is 13.2 Å². The Kier molecular flexibility index (Phi) is 2.95. The van der Waals surface area contributed by atoms with E-state index >= 15 is 0 Å². The molecule has 2 saturated heterocycles. The van der Waals surface area contributed by atoms with Gasteiger partial charge in [-0.05, 0) is 33.6 Å². The van der Waals surface area contributed by atoms with Crippen LogP contribution in [0, 0.1) is 0 Å². The van der Waals surface area contributed by atoms with Gasteiger partial charge in [0.05, 0.1) is 13.2 Å². The zero-order valence-electron chi connectivity index (χ0n) is 9.43. The molecule has 0 N–H and O–H groups in total. The number of hydrogen-bond acceptors (Lipinski definition) is 5. The summed E-state index contributed by atoms with van der Waals surface area (Å²) >= 11 is 0. The van der Waals surface area contributed by atoms with E-state index in [0.717, 1.165) is 12.8 Å². The molecule has 15 heavy (non-hydrogen) atoms. The summed E-state index contributed by atoms with van der Waals surface area (Å²) < 4.78 is 23.3. The summed E-state index contributed by atoms with van der Waals surface area (Å²) in [6.45, 7) is 6.33. The second kappa shape index (κ2) is 3.82. The van der Waals surface area contributed by atoms with Gasteiger partial charge in [0.2, 0.25) is 0 Å². The zero-order valence-corrected chi connectivity index (χ0v) is 10.3. The lowest BCUT2D eigenvalue weighted by atomic mass is 10.2. The van der Waals surface area contributed by atoms with Crippen LogP contribution in [0.1, 0.15) is 33.6 Å². The molecule has 5 nitrogen and oxygen atoms in total. The van der Waals surface area contributed by atoms with Gasteiger partial charge < -0.3 is 9.05 Å². The molecule has 2 heterocycles. The van der Waals surface area contributed by atoms with Gasteiger partial charge in [0, 0.05) is 0 Å². The Bertz CT molecular complexity index is 288. The first-order chi connectivity index (χ1) is 7.07. The van der Waals surface area contributed by atoms with Crippen molar-refractivity contribution in [1.82, 2.24) is 5.06 Å². The molecule has 0 aromatic carbocycles. The lowest BCUT2D eigenvalue weighted by molar-refractivity contribution is 0.0798. The van der Waals surface area contributed by atoms with E-state index < -0.39 is 12.9 Å². The maximum Gasteiger partial charge on any atom is 0.352 e. The molecule has 2 rings (SSSR count). The smallest absolute Gasteiger partial charge is 0.308 e. The maximum absolute atomic E-state index is 12.6. The lowest BCUT2D eigenvalue weighted by Gasteiger charge is -2.32. The minimum Gasteiger partial charge on any atom is -0.308 e. The first kappa shape index (κ1) is 11.6. The second-order valence-electron chi connectivity index (χ2n) is 3.97. The van der Waals surface area contributed by atoms with Crippen LogP contribution in [0.5, 0.6) is 0 Å². The topological polar surface area (TPSA) is 51.1 Å². The lowest BCUT2D eigenvalue weighted by Crippen LogP contribution is -2.32. The summed E-state index contributed by atoms with van der Waals surface area (Å²) in [5, 5.41) is 1.17. The fourth-order valence-electron chi connectivity index (χ4n) is 2.12. The molecule has 0 aromatic heterocycles. The first-order valence-corrected chi connectivity index (χ1v) is 6.97. The first-order valence-electron chi connectivity index (χ1n) is 5.42. The van der Waals surface area contributed by atoms with Crippen LogP contribution in [0.4, 0.5) is 0 Å². The van der Waals surface area contributed by atoms with Crippen LogP contribution in [0.3, 0.4) is 0 Å². The number of rotatable bonds is 5. The molecule has 6 heteroatoms. The molecule has 0 radical (unpaired) electrons. The Morgan fingerprint density at radius 1 is 1.47 bits per heavy atom. The summed E-state index contributed by atoms with van der Waals surface area (Å²) in [6.07, 6.45) is 1.83. The van der Waals surface area contributed by atoms with E-state index in [-0.39, 0.29) is 6.23 Å². The fourth-order valence-corrected chi connectivity index (χ4v) is 4.25. The van der Waals surface area contributed by atoms with Crippen molar-refractivity contribution in [2.24, 2.45) is 0 Å². The highest BCUT2D eigenvalue weighted by molar-refractivity contribution is 7.55. The predicted octanol–water partition coefficient (Wildman–Crippen LogP) is 2.34. The summed E-state index contributed by atoms with van der Waals surface area (Å²) in [7, 11) is -3.09. The average molecular weight is 235 g/mol. The molecule has 3 unspecified atom stereocenters. The molecule has 3 atom stereocenters. The van der Waals surface area contributed by atoms with E-state index in [2.05, 4.69) is 0 Å². The summed E-state index contributed by atoms with van der Waals surface area (Å²) in [4.78, 5) is 5.31. The van der Waals surface area contributed by atoms with Crippen molar-refractivity contribution in [1.29, 1.82) is 0 Å². The van der Waals surface area contributed by atoms with Gasteiger partial charge in [-0.3, -0.25) is 9.40 Å². The van der Waals surface area contributed by atoms with E-state index in [1.54, 1.807) is 5.06 Å². The van der Waals surface area contributed by atoms with Gasteiger partial charge in [-0.2, -0.15) is 0 Å². The van der Waals surface area contributed by atoms with Gasteiger partial charge in [-0.15, -0.1) is 5.06 Å². The fraction of sp³-hybridized carbons (Fsp3) is 1.00. The number of hydroxylamine groups is 2. The maximum atomic E-state index is 12.6. The minimum absolute atomic E-state index is 0.129.